The number of rotatable bonds is 5. The highest BCUT2D eigenvalue weighted by Crippen LogP contribution is 2.29. The highest BCUT2D eigenvalue weighted by molar-refractivity contribution is 6.33. The van der Waals surface area contributed by atoms with E-state index < -0.39 is 0 Å². The molecule has 0 radical (unpaired) electrons. The quantitative estimate of drug-likeness (QED) is 0.687. The van der Waals surface area contributed by atoms with Gasteiger partial charge in [0.1, 0.15) is 5.75 Å². The van der Waals surface area contributed by atoms with Crippen molar-refractivity contribution >= 4 is 28.2 Å². The first-order chi connectivity index (χ1) is 14.1. The van der Waals surface area contributed by atoms with E-state index in [0.29, 0.717) is 6.42 Å². The number of aromatic nitrogens is 1. The predicted molar refractivity (Wildman–Crippen MR) is 119 cm³/mol. The molecule has 29 heavy (non-hydrogen) atoms. The molecule has 1 N–H and O–H groups in total. The molecule has 1 saturated heterocycles. The Balaban J connectivity index is 1.51. The lowest BCUT2D eigenvalue weighted by atomic mass is 10.1. The zero-order valence-corrected chi connectivity index (χ0v) is 17.6. The topological polar surface area (TPSA) is 48.6 Å². The van der Waals surface area contributed by atoms with Crippen LogP contribution < -0.4 is 15.2 Å². The molecule has 0 amide bonds. The first-order valence-electron chi connectivity index (χ1n) is 10.0. The molecule has 2 heterocycles. The Kier molecular flexibility index (Phi) is 5.79. The molecule has 0 aliphatic carbocycles. The monoisotopic (exact) mass is 411 g/mol. The van der Waals surface area contributed by atoms with Crippen LogP contribution in [0.3, 0.4) is 0 Å². The molecular formula is C23H26ClN3O2. The standard InChI is InChI=1S/C23H26ClN3O2/c1-3-17-14-18-20(25-23(17)28)12-16(13-22(18)29-2)15-26-8-10-27(11-9-26)21-7-5-4-6-19(21)24/h4-7,12-14H,3,8-11,15H2,1-2H3,(H,25,28). The maximum atomic E-state index is 12.2. The second-order valence-corrected chi connectivity index (χ2v) is 7.86. The van der Waals surface area contributed by atoms with E-state index in [1.165, 1.54) is 0 Å². The Morgan fingerprint density at radius 3 is 2.55 bits per heavy atom. The van der Waals surface area contributed by atoms with E-state index in [2.05, 4.69) is 33.0 Å². The van der Waals surface area contributed by atoms with Crippen molar-refractivity contribution in [2.24, 2.45) is 0 Å². The van der Waals surface area contributed by atoms with E-state index in [9.17, 15) is 4.79 Å². The molecule has 1 aliphatic heterocycles. The summed E-state index contributed by atoms with van der Waals surface area (Å²) in [4.78, 5) is 20.0. The Labute approximate surface area is 175 Å². The number of H-pyrrole nitrogens is 1. The van der Waals surface area contributed by atoms with Gasteiger partial charge in [-0.3, -0.25) is 9.69 Å². The van der Waals surface area contributed by atoms with Crippen molar-refractivity contribution in [2.75, 3.05) is 38.2 Å². The van der Waals surface area contributed by atoms with Crippen LogP contribution in [0.15, 0.2) is 47.3 Å². The number of aryl methyl sites for hydroxylation is 1. The Morgan fingerprint density at radius 2 is 1.86 bits per heavy atom. The fraction of sp³-hybridized carbons (Fsp3) is 0.348. The summed E-state index contributed by atoms with van der Waals surface area (Å²) in [5, 5.41) is 1.76. The van der Waals surface area contributed by atoms with E-state index in [1.807, 2.05) is 31.2 Å². The number of benzene rings is 2. The van der Waals surface area contributed by atoms with Crippen LogP contribution in [0.1, 0.15) is 18.1 Å². The third kappa shape index (κ3) is 4.11. The van der Waals surface area contributed by atoms with Crippen molar-refractivity contribution in [2.45, 2.75) is 19.9 Å². The third-order valence-corrected chi connectivity index (χ3v) is 5.95. The normalized spacial score (nSPS) is 15.1. The lowest BCUT2D eigenvalue weighted by Gasteiger charge is -2.36. The van der Waals surface area contributed by atoms with Gasteiger partial charge in [-0.05, 0) is 42.3 Å². The molecule has 152 valence electrons. The number of nitrogens with one attached hydrogen (secondary N) is 1. The van der Waals surface area contributed by atoms with Gasteiger partial charge in [-0.2, -0.15) is 0 Å². The van der Waals surface area contributed by atoms with Crippen LogP contribution in [-0.4, -0.2) is 43.2 Å². The van der Waals surface area contributed by atoms with Crippen LogP contribution >= 0.6 is 11.6 Å². The fourth-order valence-corrected chi connectivity index (χ4v) is 4.27. The van der Waals surface area contributed by atoms with Gasteiger partial charge in [-0.15, -0.1) is 0 Å². The molecule has 0 atom stereocenters. The largest absolute Gasteiger partial charge is 0.496 e. The van der Waals surface area contributed by atoms with Gasteiger partial charge in [-0.25, -0.2) is 0 Å². The van der Waals surface area contributed by atoms with Gasteiger partial charge in [0.2, 0.25) is 0 Å². The molecule has 3 aromatic rings. The fourth-order valence-electron chi connectivity index (χ4n) is 4.01. The number of halogens is 1. The van der Waals surface area contributed by atoms with Gasteiger partial charge in [0.25, 0.3) is 5.56 Å². The summed E-state index contributed by atoms with van der Waals surface area (Å²) in [6.07, 6.45) is 0.700. The van der Waals surface area contributed by atoms with Gasteiger partial charge < -0.3 is 14.6 Å². The summed E-state index contributed by atoms with van der Waals surface area (Å²) in [5.74, 6) is 0.804. The van der Waals surface area contributed by atoms with Gasteiger partial charge in [0.15, 0.2) is 0 Å². The third-order valence-electron chi connectivity index (χ3n) is 5.63. The van der Waals surface area contributed by atoms with Crippen molar-refractivity contribution in [3.05, 3.63) is 69.0 Å². The van der Waals surface area contributed by atoms with E-state index in [4.69, 9.17) is 16.3 Å². The minimum Gasteiger partial charge on any atom is -0.496 e. The molecule has 0 spiro atoms. The molecule has 5 nitrogen and oxygen atoms in total. The number of fused-ring (bicyclic) bond motifs is 1. The van der Waals surface area contributed by atoms with Crippen LogP contribution in [0.4, 0.5) is 5.69 Å². The Hall–Kier alpha value is -2.50. The Morgan fingerprint density at radius 1 is 1.10 bits per heavy atom. The highest BCUT2D eigenvalue weighted by atomic mass is 35.5. The molecule has 1 aliphatic rings. The number of anilines is 1. The zero-order valence-electron chi connectivity index (χ0n) is 16.9. The zero-order chi connectivity index (χ0) is 20.4. The van der Waals surface area contributed by atoms with Crippen LogP contribution in [0.5, 0.6) is 5.75 Å². The molecule has 0 unspecified atom stereocenters. The van der Waals surface area contributed by atoms with Gasteiger partial charge in [-0.1, -0.05) is 30.7 Å². The van der Waals surface area contributed by atoms with Crippen molar-refractivity contribution in [3.8, 4) is 5.75 Å². The average molecular weight is 412 g/mol. The molecule has 4 rings (SSSR count). The maximum absolute atomic E-state index is 12.2. The first-order valence-corrected chi connectivity index (χ1v) is 10.4. The van der Waals surface area contributed by atoms with Crippen molar-refractivity contribution in [1.29, 1.82) is 0 Å². The molecule has 1 fully saturated rings. The van der Waals surface area contributed by atoms with Crippen molar-refractivity contribution in [1.82, 2.24) is 9.88 Å². The molecule has 6 heteroatoms. The van der Waals surface area contributed by atoms with Crippen LogP contribution in [0.2, 0.25) is 5.02 Å². The van der Waals surface area contributed by atoms with Gasteiger partial charge in [0.05, 0.1) is 23.3 Å². The first kappa shape index (κ1) is 19.8. The molecular weight excluding hydrogens is 386 g/mol. The lowest BCUT2D eigenvalue weighted by molar-refractivity contribution is 0.249. The second-order valence-electron chi connectivity index (χ2n) is 7.45. The Bertz CT molecular complexity index is 1070. The van der Waals surface area contributed by atoms with Crippen molar-refractivity contribution in [3.63, 3.8) is 0 Å². The average Bonchev–Trinajstić information content (AvgIpc) is 2.73. The number of methoxy groups -OCH3 is 1. The molecule has 0 bridgehead atoms. The second kappa shape index (κ2) is 8.47. The number of para-hydroxylation sites is 1. The van der Waals surface area contributed by atoms with Crippen molar-refractivity contribution < 1.29 is 4.74 Å². The molecule has 2 aromatic carbocycles. The smallest absolute Gasteiger partial charge is 0.251 e. The summed E-state index contributed by atoms with van der Waals surface area (Å²) in [6, 6.07) is 14.1. The van der Waals surface area contributed by atoms with Gasteiger partial charge >= 0.3 is 0 Å². The molecule has 1 aromatic heterocycles. The molecule has 0 saturated carbocycles. The van der Waals surface area contributed by atoms with Crippen LogP contribution in [-0.2, 0) is 13.0 Å². The van der Waals surface area contributed by atoms with E-state index >= 15 is 0 Å². The number of nitrogens with zero attached hydrogens (tertiary/aromatic N) is 2. The number of ether oxygens (including phenoxy) is 1. The summed E-state index contributed by atoms with van der Waals surface area (Å²) >= 11 is 6.35. The minimum atomic E-state index is -0.0208. The van der Waals surface area contributed by atoms with E-state index in [0.717, 1.165) is 71.2 Å². The number of piperazine rings is 1. The number of hydrogen-bond donors (Lipinski definition) is 1. The predicted octanol–water partition coefficient (Wildman–Crippen LogP) is 4.07. The van der Waals surface area contributed by atoms with Crippen LogP contribution in [0.25, 0.3) is 10.9 Å². The summed E-state index contributed by atoms with van der Waals surface area (Å²) in [7, 11) is 1.68. The van der Waals surface area contributed by atoms with Crippen LogP contribution in [0, 0.1) is 0 Å². The lowest BCUT2D eigenvalue weighted by Crippen LogP contribution is -2.46. The summed E-state index contributed by atoms with van der Waals surface area (Å²) in [6.45, 7) is 6.59. The minimum absolute atomic E-state index is 0.0208. The van der Waals surface area contributed by atoms with E-state index in [-0.39, 0.29) is 5.56 Å². The van der Waals surface area contributed by atoms with Gasteiger partial charge in [0, 0.05) is 43.7 Å². The summed E-state index contributed by atoms with van der Waals surface area (Å²) < 4.78 is 5.62. The maximum Gasteiger partial charge on any atom is 0.251 e. The number of aromatic amines is 1. The highest BCUT2D eigenvalue weighted by Gasteiger charge is 2.19. The number of hydrogen-bond acceptors (Lipinski definition) is 4. The summed E-state index contributed by atoms with van der Waals surface area (Å²) in [5.41, 5.74) is 3.83. The van der Waals surface area contributed by atoms with E-state index in [1.54, 1.807) is 7.11 Å². The number of pyridine rings is 1. The SMILES string of the molecule is CCc1cc2c(OC)cc(CN3CCN(c4ccccc4Cl)CC3)cc2[nH]c1=O.